The number of carbonyl (C=O) groups excluding carboxylic acids is 3. The Labute approximate surface area is 177 Å². The molecule has 0 saturated carbocycles. The van der Waals surface area contributed by atoms with Gasteiger partial charge in [0.25, 0.3) is 11.8 Å². The van der Waals surface area contributed by atoms with Gasteiger partial charge < -0.3 is 9.15 Å². The van der Waals surface area contributed by atoms with Crippen molar-refractivity contribution in [3.63, 3.8) is 0 Å². The number of halogens is 1. The minimum Gasteiger partial charge on any atom is -0.484 e. The number of hydrazine groups is 1. The lowest BCUT2D eigenvalue weighted by molar-refractivity contribution is -0.123. The van der Waals surface area contributed by atoms with Crippen LogP contribution in [-0.2, 0) is 4.79 Å². The standard InChI is InChI=1S/C21H18ClN3O5/c1-13-2-8-16(9-3-13)29-12-19(26)24-25-21(28)23-20(27)18-11-10-17(30-18)14-4-6-15(22)7-5-14/h2-11H,12H2,1H3,(H,24,26)(H2,23,25,27,28). The molecule has 8 nitrogen and oxygen atoms in total. The van der Waals surface area contributed by atoms with Crippen LogP contribution >= 0.6 is 11.6 Å². The third-order valence-electron chi connectivity index (χ3n) is 3.89. The van der Waals surface area contributed by atoms with Crippen LogP contribution in [0, 0.1) is 6.92 Å². The molecule has 154 valence electrons. The number of hydrogen-bond donors (Lipinski definition) is 3. The maximum atomic E-state index is 12.1. The molecule has 0 aliphatic rings. The average molecular weight is 428 g/mol. The van der Waals surface area contributed by atoms with Crippen LogP contribution in [0.3, 0.4) is 0 Å². The van der Waals surface area contributed by atoms with Gasteiger partial charge in [-0.05, 0) is 55.5 Å². The Morgan fingerprint density at radius 1 is 0.933 bits per heavy atom. The normalized spacial score (nSPS) is 10.2. The molecule has 30 heavy (non-hydrogen) atoms. The predicted molar refractivity (Wildman–Crippen MR) is 110 cm³/mol. The minimum absolute atomic E-state index is 0.0656. The first-order valence-corrected chi connectivity index (χ1v) is 9.24. The van der Waals surface area contributed by atoms with E-state index in [0.29, 0.717) is 16.5 Å². The van der Waals surface area contributed by atoms with Gasteiger partial charge in [-0.2, -0.15) is 0 Å². The maximum absolute atomic E-state index is 12.1. The monoisotopic (exact) mass is 427 g/mol. The fourth-order valence-electron chi connectivity index (χ4n) is 2.37. The topological polar surface area (TPSA) is 110 Å². The Morgan fingerprint density at radius 3 is 2.33 bits per heavy atom. The highest BCUT2D eigenvalue weighted by Crippen LogP contribution is 2.23. The first-order valence-electron chi connectivity index (χ1n) is 8.86. The van der Waals surface area contributed by atoms with Crippen molar-refractivity contribution >= 4 is 29.4 Å². The van der Waals surface area contributed by atoms with E-state index in [0.717, 1.165) is 11.1 Å². The largest absolute Gasteiger partial charge is 0.484 e. The van der Waals surface area contributed by atoms with E-state index in [1.807, 2.05) is 24.4 Å². The molecule has 0 bridgehead atoms. The molecular weight excluding hydrogens is 410 g/mol. The molecule has 3 rings (SSSR count). The van der Waals surface area contributed by atoms with Crippen molar-refractivity contribution in [2.45, 2.75) is 6.92 Å². The fraction of sp³-hybridized carbons (Fsp3) is 0.0952. The van der Waals surface area contributed by atoms with Gasteiger partial charge >= 0.3 is 6.03 Å². The third-order valence-corrected chi connectivity index (χ3v) is 4.14. The number of amides is 4. The zero-order chi connectivity index (χ0) is 21.5. The van der Waals surface area contributed by atoms with Crippen LogP contribution in [0.4, 0.5) is 4.79 Å². The predicted octanol–water partition coefficient (Wildman–Crippen LogP) is 3.46. The zero-order valence-corrected chi connectivity index (χ0v) is 16.7. The second-order valence-corrected chi connectivity index (χ2v) is 6.67. The van der Waals surface area contributed by atoms with Crippen molar-refractivity contribution in [1.82, 2.24) is 16.2 Å². The van der Waals surface area contributed by atoms with Crippen molar-refractivity contribution in [3.05, 3.63) is 77.0 Å². The van der Waals surface area contributed by atoms with Gasteiger partial charge in [0.05, 0.1) is 0 Å². The van der Waals surface area contributed by atoms with E-state index < -0.39 is 17.8 Å². The molecule has 0 atom stereocenters. The van der Waals surface area contributed by atoms with Crippen molar-refractivity contribution in [1.29, 1.82) is 0 Å². The molecule has 3 N–H and O–H groups in total. The van der Waals surface area contributed by atoms with E-state index in [-0.39, 0.29) is 12.4 Å². The number of furan rings is 1. The van der Waals surface area contributed by atoms with E-state index in [1.54, 1.807) is 42.5 Å². The van der Waals surface area contributed by atoms with Gasteiger partial charge in [-0.1, -0.05) is 29.3 Å². The van der Waals surface area contributed by atoms with Crippen LogP contribution in [0.25, 0.3) is 11.3 Å². The number of nitrogens with one attached hydrogen (secondary N) is 3. The first-order chi connectivity index (χ1) is 14.4. The van der Waals surface area contributed by atoms with Gasteiger partial charge in [-0.3, -0.25) is 20.3 Å². The highest BCUT2D eigenvalue weighted by atomic mass is 35.5. The second-order valence-electron chi connectivity index (χ2n) is 6.23. The number of carbonyl (C=O) groups is 3. The Kier molecular flexibility index (Phi) is 6.71. The summed E-state index contributed by atoms with van der Waals surface area (Å²) in [6.07, 6.45) is 0. The molecule has 3 aromatic rings. The van der Waals surface area contributed by atoms with Crippen LogP contribution in [0.15, 0.2) is 65.1 Å². The molecule has 0 unspecified atom stereocenters. The summed E-state index contributed by atoms with van der Waals surface area (Å²) in [5.74, 6) is -0.466. The summed E-state index contributed by atoms with van der Waals surface area (Å²) < 4.78 is 10.7. The molecule has 0 aliphatic heterocycles. The molecule has 9 heteroatoms. The maximum Gasteiger partial charge on any atom is 0.340 e. The number of ether oxygens (including phenoxy) is 1. The van der Waals surface area contributed by atoms with Crippen LogP contribution in [0.5, 0.6) is 5.75 Å². The van der Waals surface area contributed by atoms with Crippen molar-refractivity contribution in [3.8, 4) is 17.1 Å². The Hall–Kier alpha value is -3.78. The Morgan fingerprint density at radius 2 is 1.63 bits per heavy atom. The molecule has 0 saturated heterocycles. The Balaban J connectivity index is 1.44. The highest BCUT2D eigenvalue weighted by molar-refractivity contribution is 6.30. The quantitative estimate of drug-likeness (QED) is 0.540. The van der Waals surface area contributed by atoms with Crippen LogP contribution in [0.1, 0.15) is 16.1 Å². The number of rotatable bonds is 5. The number of hydrogen-bond acceptors (Lipinski definition) is 5. The van der Waals surface area contributed by atoms with Gasteiger partial charge in [0, 0.05) is 10.6 Å². The first kappa shape index (κ1) is 20.9. The van der Waals surface area contributed by atoms with E-state index in [4.69, 9.17) is 20.8 Å². The summed E-state index contributed by atoms with van der Waals surface area (Å²) in [6.45, 7) is 1.63. The minimum atomic E-state index is -0.923. The Bertz CT molecular complexity index is 1050. The molecule has 0 fully saturated rings. The SMILES string of the molecule is Cc1ccc(OCC(=O)NNC(=O)NC(=O)c2ccc(-c3ccc(Cl)cc3)o2)cc1. The third kappa shape index (κ3) is 5.86. The van der Waals surface area contributed by atoms with E-state index in [2.05, 4.69) is 10.9 Å². The molecule has 4 amide bonds. The lowest BCUT2D eigenvalue weighted by Gasteiger charge is -2.09. The molecule has 0 spiro atoms. The van der Waals surface area contributed by atoms with Crippen LogP contribution in [-0.4, -0.2) is 24.5 Å². The molecule has 0 aliphatic carbocycles. The van der Waals surface area contributed by atoms with Crippen molar-refractivity contribution in [2.24, 2.45) is 0 Å². The van der Waals surface area contributed by atoms with Crippen molar-refractivity contribution in [2.75, 3.05) is 6.61 Å². The summed E-state index contributed by atoms with van der Waals surface area (Å²) >= 11 is 5.84. The molecule has 1 aromatic heterocycles. The van der Waals surface area contributed by atoms with Gasteiger partial charge in [0.15, 0.2) is 12.4 Å². The number of imide groups is 1. The highest BCUT2D eigenvalue weighted by Gasteiger charge is 2.15. The van der Waals surface area contributed by atoms with E-state index >= 15 is 0 Å². The molecular formula is C21H18ClN3O5. The number of benzene rings is 2. The summed E-state index contributed by atoms with van der Waals surface area (Å²) in [6, 6.07) is 16.1. The van der Waals surface area contributed by atoms with Gasteiger partial charge in [-0.15, -0.1) is 0 Å². The number of urea groups is 1. The van der Waals surface area contributed by atoms with Gasteiger partial charge in [0.2, 0.25) is 0 Å². The lowest BCUT2D eigenvalue weighted by atomic mass is 10.2. The van der Waals surface area contributed by atoms with Crippen LogP contribution in [0.2, 0.25) is 5.02 Å². The summed E-state index contributed by atoms with van der Waals surface area (Å²) in [5, 5.41) is 2.62. The van der Waals surface area contributed by atoms with E-state index in [1.165, 1.54) is 6.07 Å². The zero-order valence-electron chi connectivity index (χ0n) is 15.9. The molecule has 1 heterocycles. The second kappa shape index (κ2) is 9.62. The fourth-order valence-corrected chi connectivity index (χ4v) is 2.50. The summed E-state index contributed by atoms with van der Waals surface area (Å²) in [7, 11) is 0. The number of aryl methyl sites for hydroxylation is 1. The molecule has 2 aromatic carbocycles. The average Bonchev–Trinajstić information content (AvgIpc) is 3.23. The lowest BCUT2D eigenvalue weighted by Crippen LogP contribution is -2.49. The van der Waals surface area contributed by atoms with Gasteiger partial charge in [-0.25, -0.2) is 10.2 Å². The van der Waals surface area contributed by atoms with E-state index in [9.17, 15) is 14.4 Å². The van der Waals surface area contributed by atoms with Gasteiger partial charge in [0.1, 0.15) is 11.5 Å². The summed E-state index contributed by atoms with van der Waals surface area (Å²) in [4.78, 5) is 35.7. The van der Waals surface area contributed by atoms with Crippen molar-refractivity contribution < 1.29 is 23.5 Å². The smallest absolute Gasteiger partial charge is 0.340 e. The van der Waals surface area contributed by atoms with Crippen LogP contribution < -0.4 is 20.9 Å². The summed E-state index contributed by atoms with van der Waals surface area (Å²) in [5.41, 5.74) is 5.99. The molecule has 0 radical (unpaired) electrons.